The number of carbonyl (C=O) groups is 7. The van der Waals surface area contributed by atoms with Gasteiger partial charge in [-0.25, -0.2) is 0 Å². The first kappa shape index (κ1) is 62.3. The zero-order valence-corrected chi connectivity index (χ0v) is 44.3. The first-order chi connectivity index (χ1) is 37.2. The minimum absolute atomic E-state index is 0.0223. The van der Waals surface area contributed by atoms with Crippen LogP contribution in [0.1, 0.15) is 120 Å². The number of unbranched alkanes of at least 4 members (excludes halogenated alkanes) is 3. The average molecular weight is 1090 g/mol. The fourth-order valence-corrected chi connectivity index (χ4v) is 8.35. The molecule has 0 aliphatic rings. The minimum atomic E-state index is -1.06. The standard InChI is InChI=1S/C57H76N6O15/c1-35(2)55(76)40(63-57(78)42(62-54(75)27-19-39-15-23-46(67)50(71)34-39)11-5-7-29-59-52(73)25-17-37-13-21-44(65)48(69)32-37)9-3-8-30-60-56(77)41(61-53(74)26-18-38-14-22-45(66)49(70)33-38)10-4-6-28-58-51(72)24-16-36-12-20-43(64)47(68)31-36/h12-15,20-23,31-35,40-42,64-71H,3-11,16-19,24-30H2,1-2H3,(H,58,72)(H,59,73)(H,60,77)(H,61,74)(H,62,75)(H,63,78). The Morgan fingerprint density at radius 3 is 1.00 bits per heavy atom. The number of amides is 6. The number of nitrogens with one attached hydrogen (secondary N) is 6. The van der Waals surface area contributed by atoms with Gasteiger partial charge in [-0.1, -0.05) is 38.1 Å². The number of aryl methyl sites for hydroxylation is 4. The second kappa shape index (κ2) is 32.4. The number of aromatic hydroxyl groups is 8. The highest BCUT2D eigenvalue weighted by Crippen LogP contribution is 2.28. The van der Waals surface area contributed by atoms with Crippen molar-refractivity contribution in [2.45, 2.75) is 141 Å². The molecule has 6 amide bonds. The van der Waals surface area contributed by atoms with Crippen LogP contribution in [0.3, 0.4) is 0 Å². The molecule has 78 heavy (non-hydrogen) atoms. The zero-order valence-electron chi connectivity index (χ0n) is 44.3. The second-order valence-corrected chi connectivity index (χ2v) is 19.6. The van der Waals surface area contributed by atoms with Gasteiger partial charge in [0.25, 0.3) is 0 Å². The van der Waals surface area contributed by atoms with Crippen molar-refractivity contribution in [3.63, 3.8) is 0 Å². The van der Waals surface area contributed by atoms with E-state index in [1.165, 1.54) is 48.5 Å². The highest BCUT2D eigenvalue weighted by Gasteiger charge is 2.28. The number of benzene rings is 4. The first-order valence-electron chi connectivity index (χ1n) is 26.5. The zero-order chi connectivity index (χ0) is 57.1. The molecule has 0 saturated heterocycles. The number of ketones is 1. The Morgan fingerprint density at radius 1 is 0.359 bits per heavy atom. The highest BCUT2D eigenvalue weighted by molar-refractivity contribution is 5.93. The Kier molecular flexibility index (Phi) is 25.9. The molecule has 0 aliphatic carbocycles. The fraction of sp³-hybridized carbons (Fsp3) is 0.456. The largest absolute Gasteiger partial charge is 0.504 e. The van der Waals surface area contributed by atoms with E-state index in [1.54, 1.807) is 38.1 Å². The molecule has 14 N–H and O–H groups in total. The maximum Gasteiger partial charge on any atom is 0.243 e. The van der Waals surface area contributed by atoms with Gasteiger partial charge in [-0.2, -0.15) is 0 Å². The lowest BCUT2D eigenvalue weighted by Gasteiger charge is -2.24. The molecule has 3 atom stereocenters. The van der Waals surface area contributed by atoms with Gasteiger partial charge in [0.05, 0.1) is 6.04 Å². The van der Waals surface area contributed by atoms with Crippen LogP contribution >= 0.6 is 0 Å². The Morgan fingerprint density at radius 2 is 0.667 bits per heavy atom. The summed E-state index contributed by atoms with van der Waals surface area (Å²) in [7, 11) is 0. The molecule has 4 aromatic rings. The molecular weight excluding hydrogens is 1010 g/mol. The maximum absolute atomic E-state index is 14.0. The summed E-state index contributed by atoms with van der Waals surface area (Å²) in [5, 5.41) is 94.7. The summed E-state index contributed by atoms with van der Waals surface area (Å²) in [6.07, 6.45) is 4.42. The lowest BCUT2D eigenvalue weighted by molar-refractivity contribution is -0.132. The van der Waals surface area contributed by atoms with Crippen molar-refractivity contribution in [3.05, 3.63) is 95.1 Å². The minimum Gasteiger partial charge on any atom is -0.504 e. The van der Waals surface area contributed by atoms with Gasteiger partial charge >= 0.3 is 0 Å². The quantitative estimate of drug-likeness (QED) is 0.0223. The summed E-state index contributed by atoms with van der Waals surface area (Å²) in [4.78, 5) is 92.6. The molecule has 0 bridgehead atoms. The van der Waals surface area contributed by atoms with Gasteiger partial charge in [-0.05, 0) is 154 Å². The van der Waals surface area contributed by atoms with Crippen molar-refractivity contribution < 1.29 is 74.4 Å². The summed E-state index contributed by atoms with van der Waals surface area (Å²) in [5.74, 6) is -5.48. The topological polar surface area (TPSA) is 354 Å². The molecule has 424 valence electrons. The number of hydrogen-bond acceptors (Lipinski definition) is 15. The number of hydrogen-bond donors (Lipinski definition) is 14. The predicted octanol–water partition coefficient (Wildman–Crippen LogP) is 4.70. The van der Waals surface area contributed by atoms with Crippen molar-refractivity contribution in [1.82, 2.24) is 31.9 Å². The van der Waals surface area contributed by atoms with Crippen LogP contribution in [-0.2, 0) is 59.2 Å². The smallest absolute Gasteiger partial charge is 0.243 e. The molecule has 0 spiro atoms. The molecule has 0 fully saturated rings. The molecule has 0 aromatic heterocycles. The van der Waals surface area contributed by atoms with Gasteiger partial charge < -0.3 is 72.8 Å². The van der Waals surface area contributed by atoms with Crippen molar-refractivity contribution in [2.75, 3.05) is 19.6 Å². The van der Waals surface area contributed by atoms with Crippen LogP contribution in [0.2, 0.25) is 0 Å². The van der Waals surface area contributed by atoms with E-state index < -0.39 is 47.7 Å². The molecule has 0 saturated carbocycles. The average Bonchev–Trinajstić information content (AvgIpc) is 3.40. The van der Waals surface area contributed by atoms with E-state index in [9.17, 15) is 74.4 Å². The van der Waals surface area contributed by atoms with Crippen LogP contribution in [0.15, 0.2) is 72.8 Å². The molecule has 0 heterocycles. The fourth-order valence-electron chi connectivity index (χ4n) is 8.35. The number of phenols is 8. The molecule has 21 heteroatoms. The van der Waals surface area contributed by atoms with E-state index in [0.29, 0.717) is 80.2 Å². The van der Waals surface area contributed by atoms with Crippen LogP contribution in [-0.4, -0.2) is 120 Å². The van der Waals surface area contributed by atoms with E-state index >= 15 is 0 Å². The highest BCUT2D eigenvalue weighted by atomic mass is 16.3. The molecule has 3 unspecified atom stereocenters. The Hall–Kier alpha value is -8.23. The number of phenolic OH excluding ortho intramolecular Hbond substituents is 8. The summed E-state index contributed by atoms with van der Waals surface area (Å²) < 4.78 is 0. The van der Waals surface area contributed by atoms with E-state index in [4.69, 9.17) is 0 Å². The van der Waals surface area contributed by atoms with Gasteiger partial charge in [0.15, 0.2) is 51.8 Å². The van der Waals surface area contributed by atoms with Gasteiger partial charge in [0.2, 0.25) is 35.4 Å². The van der Waals surface area contributed by atoms with E-state index in [-0.39, 0.29) is 134 Å². The Balaban J connectivity index is 1.31. The second-order valence-electron chi connectivity index (χ2n) is 19.6. The van der Waals surface area contributed by atoms with Gasteiger partial charge in [-0.15, -0.1) is 0 Å². The van der Waals surface area contributed by atoms with Crippen molar-refractivity contribution in [2.24, 2.45) is 5.92 Å². The monoisotopic (exact) mass is 1080 g/mol. The van der Waals surface area contributed by atoms with Crippen LogP contribution in [0.5, 0.6) is 46.0 Å². The number of carbonyl (C=O) groups excluding carboxylic acids is 7. The molecular formula is C57H76N6O15. The van der Waals surface area contributed by atoms with Crippen LogP contribution < -0.4 is 31.9 Å². The van der Waals surface area contributed by atoms with E-state index in [0.717, 1.165) is 0 Å². The van der Waals surface area contributed by atoms with Crippen molar-refractivity contribution in [1.29, 1.82) is 0 Å². The Bertz CT molecular complexity index is 2660. The first-order valence-corrected chi connectivity index (χ1v) is 26.5. The summed E-state index contributed by atoms with van der Waals surface area (Å²) in [6, 6.07) is 14.2. The third-order valence-corrected chi connectivity index (χ3v) is 13.0. The Labute approximate surface area is 453 Å². The molecule has 4 aromatic carbocycles. The van der Waals surface area contributed by atoms with Crippen LogP contribution in [0, 0.1) is 5.92 Å². The number of Topliss-reactive ketones (excluding diaryl/α,β-unsaturated/α-hetero) is 1. The lowest BCUT2D eigenvalue weighted by Crippen LogP contribution is -2.52. The maximum atomic E-state index is 14.0. The molecule has 0 aliphatic heterocycles. The predicted molar refractivity (Wildman–Crippen MR) is 289 cm³/mol. The van der Waals surface area contributed by atoms with Crippen molar-refractivity contribution >= 4 is 41.2 Å². The van der Waals surface area contributed by atoms with Gasteiger partial charge in [-0.3, -0.25) is 33.6 Å². The van der Waals surface area contributed by atoms with E-state index in [2.05, 4.69) is 31.9 Å². The normalized spacial score (nSPS) is 12.2. The molecule has 0 radical (unpaired) electrons. The number of rotatable bonds is 34. The van der Waals surface area contributed by atoms with Crippen LogP contribution in [0.25, 0.3) is 0 Å². The van der Waals surface area contributed by atoms with E-state index in [1.807, 2.05) is 0 Å². The summed E-state index contributed by atoms with van der Waals surface area (Å²) >= 11 is 0. The third-order valence-electron chi connectivity index (χ3n) is 13.0. The summed E-state index contributed by atoms with van der Waals surface area (Å²) in [5.41, 5.74) is 2.51. The van der Waals surface area contributed by atoms with Crippen molar-refractivity contribution in [3.8, 4) is 46.0 Å². The summed E-state index contributed by atoms with van der Waals surface area (Å²) in [6.45, 7) is 4.15. The molecule has 21 nitrogen and oxygen atoms in total. The third kappa shape index (κ3) is 22.5. The SMILES string of the molecule is CC(C)C(=O)C(CCCCNC(=O)C(CCCCNC(=O)CCc1ccc(O)c(O)c1)NC(=O)CCc1ccc(O)c(O)c1)NC(=O)C(CCCCNC(=O)CCc1ccc(O)c(O)c1)NC(=O)CCc1ccc(O)c(O)c1. The lowest BCUT2D eigenvalue weighted by atomic mass is 9.96. The van der Waals surface area contributed by atoms with Gasteiger partial charge in [0.1, 0.15) is 12.1 Å². The molecule has 4 rings (SSSR count). The van der Waals surface area contributed by atoms with Crippen LogP contribution in [0.4, 0.5) is 0 Å². The van der Waals surface area contributed by atoms with Gasteiger partial charge in [0, 0.05) is 51.2 Å².